The molecule has 1 aromatic heterocycles. The SMILES string of the molecule is Cn1c(C=C2N=Nc3ccccc32)nc2ccccc21. The van der Waals surface area contributed by atoms with Crippen molar-refractivity contribution in [3.8, 4) is 0 Å². The van der Waals surface area contributed by atoms with E-state index >= 15 is 0 Å². The van der Waals surface area contributed by atoms with Gasteiger partial charge in [-0.3, -0.25) is 0 Å². The van der Waals surface area contributed by atoms with Crippen molar-refractivity contribution in [1.82, 2.24) is 9.55 Å². The third kappa shape index (κ3) is 1.58. The van der Waals surface area contributed by atoms with Gasteiger partial charge in [0.1, 0.15) is 5.82 Å². The number of para-hydroxylation sites is 2. The molecule has 0 saturated carbocycles. The van der Waals surface area contributed by atoms with Crippen LogP contribution in [0.1, 0.15) is 11.4 Å². The summed E-state index contributed by atoms with van der Waals surface area (Å²) in [4.78, 5) is 4.63. The van der Waals surface area contributed by atoms with Gasteiger partial charge < -0.3 is 4.57 Å². The van der Waals surface area contributed by atoms with Crippen LogP contribution in [0.15, 0.2) is 58.8 Å². The summed E-state index contributed by atoms with van der Waals surface area (Å²) in [5.41, 5.74) is 4.93. The first-order chi connectivity index (χ1) is 9.83. The molecule has 2 heterocycles. The molecule has 96 valence electrons. The number of imidazole rings is 1. The molecule has 4 heteroatoms. The van der Waals surface area contributed by atoms with Crippen molar-refractivity contribution in [2.45, 2.75) is 0 Å². The molecule has 1 aliphatic heterocycles. The van der Waals surface area contributed by atoms with E-state index in [9.17, 15) is 0 Å². The van der Waals surface area contributed by atoms with Crippen LogP contribution >= 0.6 is 0 Å². The zero-order valence-electron chi connectivity index (χ0n) is 11.0. The second-order valence-corrected chi connectivity index (χ2v) is 4.76. The molecule has 0 aliphatic carbocycles. The van der Waals surface area contributed by atoms with Gasteiger partial charge >= 0.3 is 0 Å². The maximum Gasteiger partial charge on any atom is 0.135 e. The highest BCUT2D eigenvalue weighted by molar-refractivity contribution is 5.88. The van der Waals surface area contributed by atoms with Gasteiger partial charge in [-0.2, -0.15) is 0 Å². The Labute approximate surface area is 116 Å². The molecular weight excluding hydrogens is 248 g/mol. The number of hydrogen-bond acceptors (Lipinski definition) is 3. The summed E-state index contributed by atoms with van der Waals surface area (Å²) in [6, 6.07) is 16.1. The van der Waals surface area contributed by atoms with Crippen molar-refractivity contribution >= 4 is 28.5 Å². The average molecular weight is 260 g/mol. The van der Waals surface area contributed by atoms with Crippen molar-refractivity contribution in [2.24, 2.45) is 17.3 Å². The lowest BCUT2D eigenvalue weighted by Gasteiger charge is -1.99. The van der Waals surface area contributed by atoms with E-state index in [1.54, 1.807) is 0 Å². The number of aryl methyl sites for hydroxylation is 1. The topological polar surface area (TPSA) is 42.5 Å². The Bertz CT molecular complexity index is 871. The molecule has 0 N–H and O–H groups in total. The Morgan fingerprint density at radius 3 is 2.65 bits per heavy atom. The Hall–Kier alpha value is -2.75. The summed E-state index contributed by atoms with van der Waals surface area (Å²) >= 11 is 0. The highest BCUT2D eigenvalue weighted by Gasteiger charge is 2.14. The van der Waals surface area contributed by atoms with Gasteiger partial charge in [-0.15, -0.1) is 10.2 Å². The van der Waals surface area contributed by atoms with E-state index in [1.807, 2.05) is 55.6 Å². The van der Waals surface area contributed by atoms with Crippen LogP contribution in [0.2, 0.25) is 0 Å². The van der Waals surface area contributed by atoms with E-state index in [0.29, 0.717) is 0 Å². The summed E-state index contributed by atoms with van der Waals surface area (Å²) in [6.07, 6.45) is 1.98. The summed E-state index contributed by atoms with van der Waals surface area (Å²) in [5.74, 6) is 0.886. The lowest BCUT2D eigenvalue weighted by molar-refractivity contribution is 0.930. The summed E-state index contributed by atoms with van der Waals surface area (Å²) < 4.78 is 2.07. The first kappa shape index (κ1) is 11.1. The fraction of sp³-hybridized carbons (Fsp3) is 0.0625. The second kappa shape index (κ2) is 4.13. The van der Waals surface area contributed by atoms with Crippen LogP contribution in [-0.2, 0) is 7.05 Å². The Kier molecular flexibility index (Phi) is 2.29. The Morgan fingerprint density at radius 1 is 0.950 bits per heavy atom. The fourth-order valence-corrected chi connectivity index (χ4v) is 2.46. The fourth-order valence-electron chi connectivity index (χ4n) is 2.46. The first-order valence-electron chi connectivity index (χ1n) is 6.47. The van der Waals surface area contributed by atoms with Gasteiger partial charge in [0.15, 0.2) is 0 Å². The number of benzene rings is 2. The van der Waals surface area contributed by atoms with E-state index in [-0.39, 0.29) is 0 Å². The van der Waals surface area contributed by atoms with Crippen molar-refractivity contribution in [1.29, 1.82) is 0 Å². The standard InChI is InChI=1S/C16H12N4/c1-20-15-9-5-4-8-13(15)17-16(20)10-14-11-6-2-3-7-12(11)18-19-14/h2-10H,1H3. The highest BCUT2D eigenvalue weighted by Crippen LogP contribution is 2.35. The van der Waals surface area contributed by atoms with E-state index < -0.39 is 0 Å². The number of nitrogens with zero attached hydrogens (tertiary/aromatic N) is 4. The van der Waals surface area contributed by atoms with Gasteiger partial charge in [0.05, 0.1) is 22.4 Å². The number of hydrogen-bond donors (Lipinski definition) is 0. The molecule has 0 amide bonds. The van der Waals surface area contributed by atoms with Crippen molar-refractivity contribution in [3.63, 3.8) is 0 Å². The molecule has 4 rings (SSSR count). The van der Waals surface area contributed by atoms with Gasteiger partial charge in [-0.1, -0.05) is 30.3 Å². The number of fused-ring (bicyclic) bond motifs is 2. The Morgan fingerprint density at radius 2 is 1.75 bits per heavy atom. The third-order valence-corrected chi connectivity index (χ3v) is 3.53. The average Bonchev–Trinajstić information content (AvgIpc) is 3.03. The van der Waals surface area contributed by atoms with Crippen molar-refractivity contribution < 1.29 is 0 Å². The predicted molar refractivity (Wildman–Crippen MR) is 79.5 cm³/mol. The van der Waals surface area contributed by atoms with Gasteiger partial charge in [0, 0.05) is 18.7 Å². The maximum atomic E-state index is 4.63. The molecule has 0 fully saturated rings. The lowest BCUT2D eigenvalue weighted by Crippen LogP contribution is -1.91. The maximum absolute atomic E-state index is 4.63. The molecule has 0 radical (unpaired) electrons. The number of rotatable bonds is 1. The van der Waals surface area contributed by atoms with Gasteiger partial charge in [0.2, 0.25) is 0 Å². The molecule has 4 nitrogen and oxygen atoms in total. The quantitative estimate of drug-likeness (QED) is 0.647. The summed E-state index contributed by atoms with van der Waals surface area (Å²) in [7, 11) is 2.01. The van der Waals surface area contributed by atoms with Gasteiger partial charge in [0.25, 0.3) is 0 Å². The molecule has 3 aromatic rings. The van der Waals surface area contributed by atoms with Crippen LogP contribution in [0, 0.1) is 0 Å². The predicted octanol–water partition coefficient (Wildman–Crippen LogP) is 4.17. The minimum Gasteiger partial charge on any atom is -0.328 e. The molecule has 1 aliphatic rings. The monoisotopic (exact) mass is 260 g/mol. The Balaban J connectivity index is 1.88. The second-order valence-electron chi connectivity index (χ2n) is 4.76. The molecule has 0 atom stereocenters. The largest absolute Gasteiger partial charge is 0.328 e. The zero-order chi connectivity index (χ0) is 13.5. The van der Waals surface area contributed by atoms with E-state index in [2.05, 4.69) is 25.8 Å². The van der Waals surface area contributed by atoms with Crippen LogP contribution < -0.4 is 0 Å². The van der Waals surface area contributed by atoms with Crippen molar-refractivity contribution in [3.05, 3.63) is 59.9 Å². The summed E-state index contributed by atoms with van der Waals surface area (Å²) in [6.45, 7) is 0. The van der Waals surface area contributed by atoms with Crippen LogP contribution in [0.3, 0.4) is 0 Å². The number of aromatic nitrogens is 2. The minimum absolute atomic E-state index is 0.860. The number of azo groups is 1. The first-order valence-corrected chi connectivity index (χ1v) is 6.47. The normalized spacial score (nSPS) is 15.2. The lowest BCUT2D eigenvalue weighted by atomic mass is 10.1. The molecule has 0 unspecified atom stereocenters. The van der Waals surface area contributed by atoms with Crippen LogP contribution in [-0.4, -0.2) is 9.55 Å². The molecule has 0 spiro atoms. The molecule has 0 saturated heterocycles. The smallest absolute Gasteiger partial charge is 0.135 e. The van der Waals surface area contributed by atoms with E-state index in [4.69, 9.17) is 0 Å². The molecule has 20 heavy (non-hydrogen) atoms. The van der Waals surface area contributed by atoms with Crippen molar-refractivity contribution in [2.75, 3.05) is 0 Å². The minimum atomic E-state index is 0.860. The molecule has 0 bridgehead atoms. The zero-order valence-corrected chi connectivity index (χ0v) is 11.0. The highest BCUT2D eigenvalue weighted by atomic mass is 15.1. The molecule has 2 aromatic carbocycles. The molecular formula is C16H12N4. The van der Waals surface area contributed by atoms with E-state index in [1.165, 1.54) is 0 Å². The van der Waals surface area contributed by atoms with Crippen LogP contribution in [0.25, 0.3) is 22.8 Å². The van der Waals surface area contributed by atoms with Crippen LogP contribution in [0.4, 0.5) is 5.69 Å². The van der Waals surface area contributed by atoms with Gasteiger partial charge in [-0.05, 0) is 18.2 Å². The van der Waals surface area contributed by atoms with Gasteiger partial charge in [-0.25, -0.2) is 4.98 Å². The van der Waals surface area contributed by atoms with E-state index in [0.717, 1.165) is 33.8 Å². The van der Waals surface area contributed by atoms with Crippen LogP contribution in [0.5, 0.6) is 0 Å². The third-order valence-electron chi connectivity index (χ3n) is 3.53. The summed E-state index contributed by atoms with van der Waals surface area (Å²) in [5, 5.41) is 8.42.